The Morgan fingerprint density at radius 2 is 2.32 bits per heavy atom. The van der Waals surface area contributed by atoms with Crippen LogP contribution in [0.3, 0.4) is 0 Å². The molecule has 2 heterocycles. The number of methoxy groups -OCH3 is 1. The molecule has 1 aliphatic rings. The highest BCUT2D eigenvalue weighted by atomic mass is 16.5. The molecule has 25 heavy (non-hydrogen) atoms. The van der Waals surface area contributed by atoms with Crippen LogP contribution in [-0.4, -0.2) is 35.2 Å². The fraction of sp³-hybridized carbons (Fsp3) is 0.389. The SMILES string of the molecule is COc1ccc2c(c1)[C@@H](C(=O)NCCCn1cc(C)cn1)CC(=O)N2. The number of hydrogen-bond acceptors (Lipinski definition) is 4. The second-order valence-corrected chi connectivity index (χ2v) is 6.18. The lowest BCUT2D eigenvalue weighted by molar-refractivity contribution is -0.126. The molecule has 0 radical (unpaired) electrons. The summed E-state index contributed by atoms with van der Waals surface area (Å²) < 4.78 is 7.09. The Hall–Kier alpha value is -2.83. The van der Waals surface area contributed by atoms with E-state index >= 15 is 0 Å². The van der Waals surface area contributed by atoms with Crippen LogP contribution in [0.15, 0.2) is 30.6 Å². The number of anilines is 1. The minimum atomic E-state index is -0.495. The van der Waals surface area contributed by atoms with Gasteiger partial charge in [0.2, 0.25) is 11.8 Å². The number of carbonyl (C=O) groups excluding carboxylic acids is 2. The summed E-state index contributed by atoms with van der Waals surface area (Å²) in [5.74, 6) is -0.113. The van der Waals surface area contributed by atoms with Gasteiger partial charge in [0.25, 0.3) is 0 Å². The predicted octanol–water partition coefficient (Wildman–Crippen LogP) is 1.83. The van der Waals surface area contributed by atoms with Gasteiger partial charge in [-0.25, -0.2) is 0 Å². The van der Waals surface area contributed by atoms with E-state index in [0.29, 0.717) is 18.0 Å². The zero-order valence-electron chi connectivity index (χ0n) is 14.4. The topological polar surface area (TPSA) is 85.2 Å². The van der Waals surface area contributed by atoms with Crippen LogP contribution in [-0.2, 0) is 16.1 Å². The first-order chi connectivity index (χ1) is 12.1. The normalized spacial score (nSPS) is 16.1. The number of nitrogens with zero attached hydrogens (tertiary/aromatic N) is 2. The smallest absolute Gasteiger partial charge is 0.228 e. The molecule has 1 aliphatic heterocycles. The second-order valence-electron chi connectivity index (χ2n) is 6.18. The second kappa shape index (κ2) is 7.38. The summed E-state index contributed by atoms with van der Waals surface area (Å²) in [4.78, 5) is 24.4. The number of rotatable bonds is 6. The molecule has 2 amide bonds. The van der Waals surface area contributed by atoms with Gasteiger partial charge in [-0.3, -0.25) is 14.3 Å². The lowest BCUT2D eigenvalue weighted by atomic mass is 9.89. The maximum atomic E-state index is 12.6. The fourth-order valence-electron chi connectivity index (χ4n) is 2.97. The number of aryl methyl sites for hydroxylation is 2. The number of hydrogen-bond donors (Lipinski definition) is 2. The van der Waals surface area contributed by atoms with Crippen molar-refractivity contribution in [3.63, 3.8) is 0 Å². The highest BCUT2D eigenvalue weighted by Crippen LogP contribution is 2.34. The number of benzene rings is 1. The van der Waals surface area contributed by atoms with E-state index in [2.05, 4.69) is 15.7 Å². The third-order valence-electron chi connectivity index (χ3n) is 4.24. The third-order valence-corrected chi connectivity index (χ3v) is 4.24. The van der Waals surface area contributed by atoms with Gasteiger partial charge in [0, 0.05) is 31.4 Å². The van der Waals surface area contributed by atoms with Gasteiger partial charge >= 0.3 is 0 Å². The van der Waals surface area contributed by atoms with Crippen molar-refractivity contribution in [1.82, 2.24) is 15.1 Å². The summed E-state index contributed by atoms with van der Waals surface area (Å²) >= 11 is 0. The van der Waals surface area contributed by atoms with Crippen molar-refractivity contribution in [2.45, 2.75) is 32.2 Å². The van der Waals surface area contributed by atoms with Gasteiger partial charge in [0.1, 0.15) is 5.75 Å². The molecule has 7 nitrogen and oxygen atoms in total. The summed E-state index contributed by atoms with van der Waals surface area (Å²) in [5, 5.41) is 9.95. The van der Waals surface area contributed by atoms with Crippen LogP contribution >= 0.6 is 0 Å². The zero-order valence-corrected chi connectivity index (χ0v) is 14.4. The molecule has 0 spiro atoms. The monoisotopic (exact) mass is 342 g/mol. The van der Waals surface area contributed by atoms with Crippen molar-refractivity contribution < 1.29 is 14.3 Å². The van der Waals surface area contributed by atoms with Gasteiger partial charge in [-0.15, -0.1) is 0 Å². The minimum Gasteiger partial charge on any atom is -0.497 e. The van der Waals surface area contributed by atoms with Crippen LogP contribution in [0, 0.1) is 6.92 Å². The highest BCUT2D eigenvalue weighted by Gasteiger charge is 2.30. The van der Waals surface area contributed by atoms with Crippen LogP contribution in [0.2, 0.25) is 0 Å². The molecule has 0 fully saturated rings. The van der Waals surface area contributed by atoms with Gasteiger partial charge in [-0.1, -0.05) is 0 Å². The van der Waals surface area contributed by atoms with Crippen LogP contribution in [0.4, 0.5) is 5.69 Å². The number of amides is 2. The Morgan fingerprint density at radius 3 is 3.04 bits per heavy atom. The molecular formula is C18H22N4O3. The maximum absolute atomic E-state index is 12.6. The zero-order chi connectivity index (χ0) is 17.8. The lowest BCUT2D eigenvalue weighted by Gasteiger charge is -2.25. The van der Waals surface area contributed by atoms with Crippen LogP contribution in [0.1, 0.15) is 29.9 Å². The quantitative estimate of drug-likeness (QED) is 0.785. The van der Waals surface area contributed by atoms with Gasteiger partial charge in [-0.2, -0.15) is 5.10 Å². The molecule has 1 aromatic heterocycles. The Balaban J connectivity index is 1.61. The highest BCUT2D eigenvalue weighted by molar-refractivity contribution is 6.01. The summed E-state index contributed by atoms with van der Waals surface area (Å²) in [7, 11) is 1.58. The van der Waals surface area contributed by atoms with E-state index in [1.54, 1.807) is 19.2 Å². The van der Waals surface area contributed by atoms with Crippen molar-refractivity contribution in [2.75, 3.05) is 19.0 Å². The fourth-order valence-corrected chi connectivity index (χ4v) is 2.97. The Kier molecular flexibility index (Phi) is 5.02. The number of carbonyl (C=O) groups is 2. The lowest BCUT2D eigenvalue weighted by Crippen LogP contribution is -2.35. The van der Waals surface area contributed by atoms with E-state index in [1.807, 2.05) is 30.1 Å². The summed E-state index contributed by atoms with van der Waals surface area (Å²) in [6.45, 7) is 3.27. The van der Waals surface area contributed by atoms with Gasteiger partial charge in [0.05, 0.1) is 19.2 Å². The number of ether oxygens (including phenoxy) is 1. The molecule has 0 aliphatic carbocycles. The summed E-state index contributed by atoms with van der Waals surface area (Å²) in [5.41, 5.74) is 2.58. The first-order valence-electron chi connectivity index (χ1n) is 8.31. The van der Waals surface area contributed by atoms with Gasteiger partial charge in [0.15, 0.2) is 0 Å². The Labute approximate surface area is 146 Å². The number of nitrogens with one attached hydrogen (secondary N) is 2. The molecule has 0 saturated carbocycles. The molecule has 132 valence electrons. The third kappa shape index (κ3) is 3.99. The molecule has 7 heteroatoms. The molecular weight excluding hydrogens is 320 g/mol. The molecule has 0 unspecified atom stereocenters. The van der Waals surface area contributed by atoms with Gasteiger partial charge in [-0.05, 0) is 42.7 Å². The summed E-state index contributed by atoms with van der Waals surface area (Å²) in [6.07, 6.45) is 4.69. The molecule has 2 N–H and O–H groups in total. The van der Waals surface area contributed by atoms with Crippen molar-refractivity contribution in [2.24, 2.45) is 0 Å². The van der Waals surface area contributed by atoms with Crippen LogP contribution in [0.25, 0.3) is 0 Å². The molecule has 1 aromatic carbocycles. The van der Waals surface area contributed by atoms with Crippen molar-refractivity contribution >= 4 is 17.5 Å². The van der Waals surface area contributed by atoms with E-state index < -0.39 is 5.92 Å². The first kappa shape index (κ1) is 17.0. The Morgan fingerprint density at radius 1 is 1.48 bits per heavy atom. The molecule has 1 atom stereocenters. The molecule has 2 aromatic rings. The standard InChI is InChI=1S/C18H22N4O3/c1-12-10-20-22(11-12)7-3-6-19-18(24)15-9-17(23)21-16-5-4-13(25-2)8-14(15)16/h4-5,8,10-11,15H,3,6-7,9H2,1-2H3,(H,19,24)(H,21,23)/t15-/m0/s1. The van der Waals surface area contributed by atoms with E-state index in [4.69, 9.17) is 4.74 Å². The van der Waals surface area contributed by atoms with E-state index in [9.17, 15) is 9.59 Å². The van der Waals surface area contributed by atoms with Crippen LogP contribution < -0.4 is 15.4 Å². The van der Waals surface area contributed by atoms with Gasteiger partial charge < -0.3 is 15.4 Å². The maximum Gasteiger partial charge on any atom is 0.228 e. The van der Waals surface area contributed by atoms with E-state index in [0.717, 1.165) is 24.1 Å². The number of fused-ring (bicyclic) bond motifs is 1. The van der Waals surface area contributed by atoms with Crippen molar-refractivity contribution in [3.05, 3.63) is 41.7 Å². The van der Waals surface area contributed by atoms with E-state index in [-0.39, 0.29) is 18.2 Å². The largest absolute Gasteiger partial charge is 0.497 e. The van der Waals surface area contributed by atoms with Crippen molar-refractivity contribution in [1.29, 1.82) is 0 Å². The van der Waals surface area contributed by atoms with Crippen LogP contribution in [0.5, 0.6) is 5.75 Å². The predicted molar refractivity (Wildman–Crippen MR) is 93.6 cm³/mol. The average Bonchev–Trinajstić information content (AvgIpc) is 3.02. The first-order valence-corrected chi connectivity index (χ1v) is 8.31. The Bertz CT molecular complexity index is 784. The number of aromatic nitrogens is 2. The molecule has 0 bridgehead atoms. The molecule has 0 saturated heterocycles. The van der Waals surface area contributed by atoms with E-state index in [1.165, 1.54) is 0 Å². The van der Waals surface area contributed by atoms with Crippen molar-refractivity contribution in [3.8, 4) is 5.75 Å². The summed E-state index contributed by atoms with van der Waals surface area (Å²) in [6, 6.07) is 5.35. The minimum absolute atomic E-state index is 0.138. The molecule has 3 rings (SSSR count). The average molecular weight is 342 g/mol.